The minimum atomic E-state index is -3.13. The Labute approximate surface area is 135 Å². The van der Waals surface area contributed by atoms with Crippen molar-refractivity contribution >= 4 is 8.25 Å². The summed E-state index contributed by atoms with van der Waals surface area (Å²) in [5, 5.41) is 9.99. The highest BCUT2D eigenvalue weighted by atomic mass is 31.1. The van der Waals surface area contributed by atoms with Crippen LogP contribution in [0, 0.1) is 0 Å². The maximum absolute atomic E-state index is 9.99. The smallest absolute Gasteiger partial charge is 0.314 e. The van der Waals surface area contributed by atoms with Crippen LogP contribution in [0.15, 0.2) is 30.3 Å². The van der Waals surface area contributed by atoms with Crippen LogP contribution >= 0.6 is 8.25 Å². The van der Waals surface area contributed by atoms with Gasteiger partial charge in [0.05, 0.1) is 6.10 Å². The van der Waals surface area contributed by atoms with Gasteiger partial charge in [-0.1, -0.05) is 88.6 Å². The summed E-state index contributed by atoms with van der Waals surface area (Å²) in [6, 6.07) is 10.00. The minimum absolute atomic E-state index is 0.272. The summed E-state index contributed by atoms with van der Waals surface area (Å²) in [5.74, 6) is 0. The molecule has 22 heavy (non-hydrogen) atoms. The van der Waals surface area contributed by atoms with Gasteiger partial charge >= 0.3 is 8.25 Å². The first-order chi connectivity index (χ1) is 10.6. The number of aliphatic hydroxyl groups is 1. The Balaban J connectivity index is 0.000000980. The SMILES string of the molecule is CCCCCCCCCCC(O)c1ccccc1.O=[PH](O)O. The molecular formula is C17H31O4P. The molecule has 5 heteroatoms. The average molecular weight is 330 g/mol. The second-order valence-corrected chi connectivity index (χ2v) is 6.04. The zero-order valence-electron chi connectivity index (χ0n) is 13.6. The standard InChI is InChI=1S/C17H28O.H3O3P/c1-2-3-4-5-6-7-8-12-15-17(18)16-13-10-9-11-14-16;1-4(2)3/h9-11,13-14,17-18H,2-8,12,15H2,1H3;4H,(H2,1,2,3). The first-order valence-electron chi connectivity index (χ1n) is 8.22. The summed E-state index contributed by atoms with van der Waals surface area (Å²) in [7, 11) is -3.13. The van der Waals surface area contributed by atoms with Crippen molar-refractivity contribution in [1.82, 2.24) is 0 Å². The molecule has 0 aliphatic carbocycles. The summed E-state index contributed by atoms with van der Waals surface area (Å²) in [4.78, 5) is 14.3. The molecule has 1 rings (SSSR count). The van der Waals surface area contributed by atoms with Crippen LogP contribution in [0.25, 0.3) is 0 Å². The van der Waals surface area contributed by atoms with E-state index in [9.17, 15) is 5.11 Å². The average Bonchev–Trinajstić information content (AvgIpc) is 2.50. The third-order valence-corrected chi connectivity index (χ3v) is 3.52. The van der Waals surface area contributed by atoms with Crippen molar-refractivity contribution in [1.29, 1.82) is 0 Å². The van der Waals surface area contributed by atoms with E-state index < -0.39 is 8.25 Å². The van der Waals surface area contributed by atoms with E-state index in [0.29, 0.717) is 0 Å². The lowest BCUT2D eigenvalue weighted by Gasteiger charge is -2.10. The Kier molecular flexibility index (Phi) is 14.8. The summed E-state index contributed by atoms with van der Waals surface area (Å²) in [5.41, 5.74) is 1.06. The van der Waals surface area contributed by atoms with Gasteiger partial charge in [0.1, 0.15) is 0 Å². The highest BCUT2D eigenvalue weighted by Gasteiger charge is 2.05. The molecule has 0 radical (unpaired) electrons. The molecule has 0 amide bonds. The fourth-order valence-corrected chi connectivity index (χ4v) is 2.31. The largest absolute Gasteiger partial charge is 0.388 e. The van der Waals surface area contributed by atoms with Crippen molar-refractivity contribution in [2.75, 3.05) is 0 Å². The minimum Gasteiger partial charge on any atom is -0.388 e. The van der Waals surface area contributed by atoms with E-state index in [1.165, 1.54) is 44.9 Å². The van der Waals surface area contributed by atoms with Crippen LogP contribution < -0.4 is 0 Å². The van der Waals surface area contributed by atoms with E-state index in [4.69, 9.17) is 14.4 Å². The van der Waals surface area contributed by atoms with Gasteiger partial charge in [-0.15, -0.1) is 0 Å². The van der Waals surface area contributed by atoms with Crippen LogP contribution in [-0.2, 0) is 4.57 Å². The molecule has 1 atom stereocenters. The maximum Gasteiger partial charge on any atom is 0.314 e. The molecule has 0 bridgehead atoms. The third kappa shape index (κ3) is 14.3. The van der Waals surface area contributed by atoms with Crippen LogP contribution in [0.4, 0.5) is 0 Å². The monoisotopic (exact) mass is 330 g/mol. The van der Waals surface area contributed by atoms with Gasteiger partial charge in [0, 0.05) is 0 Å². The van der Waals surface area contributed by atoms with E-state index in [2.05, 4.69) is 6.92 Å². The molecule has 0 heterocycles. The number of benzene rings is 1. The normalized spacial score (nSPS) is 11.9. The molecular weight excluding hydrogens is 299 g/mol. The number of hydrogen-bond donors (Lipinski definition) is 3. The lowest BCUT2D eigenvalue weighted by molar-refractivity contribution is 0.163. The first-order valence-corrected chi connectivity index (χ1v) is 9.53. The molecule has 1 unspecified atom stereocenters. The molecule has 3 N–H and O–H groups in total. The summed E-state index contributed by atoms with van der Waals surface area (Å²) in [6.45, 7) is 2.25. The molecule has 0 spiro atoms. The van der Waals surface area contributed by atoms with Crippen LogP contribution in [-0.4, -0.2) is 14.9 Å². The van der Waals surface area contributed by atoms with E-state index >= 15 is 0 Å². The Morgan fingerprint density at radius 1 is 0.909 bits per heavy atom. The second-order valence-electron chi connectivity index (χ2n) is 5.47. The Morgan fingerprint density at radius 2 is 1.36 bits per heavy atom. The van der Waals surface area contributed by atoms with Crippen molar-refractivity contribution in [3.05, 3.63) is 35.9 Å². The lowest BCUT2D eigenvalue weighted by atomic mass is 10.0. The molecule has 1 aromatic carbocycles. The van der Waals surface area contributed by atoms with Gasteiger partial charge in [-0.25, -0.2) is 0 Å². The van der Waals surface area contributed by atoms with E-state index in [-0.39, 0.29) is 6.10 Å². The van der Waals surface area contributed by atoms with Crippen molar-refractivity contribution in [3.8, 4) is 0 Å². The fraction of sp³-hybridized carbons (Fsp3) is 0.647. The molecule has 0 aliphatic rings. The summed E-state index contributed by atoms with van der Waals surface area (Å²) >= 11 is 0. The highest BCUT2D eigenvalue weighted by molar-refractivity contribution is 7.30. The van der Waals surface area contributed by atoms with Gasteiger partial charge < -0.3 is 14.9 Å². The lowest BCUT2D eigenvalue weighted by Crippen LogP contribution is -1.96. The molecule has 0 aliphatic heterocycles. The van der Waals surface area contributed by atoms with Gasteiger partial charge in [-0.05, 0) is 12.0 Å². The van der Waals surface area contributed by atoms with E-state index in [1.54, 1.807) is 0 Å². The first kappa shape index (κ1) is 21.3. The Hall–Kier alpha value is -0.670. The number of rotatable bonds is 10. The molecule has 0 fully saturated rings. The number of hydrogen-bond acceptors (Lipinski definition) is 2. The molecule has 4 nitrogen and oxygen atoms in total. The van der Waals surface area contributed by atoms with Gasteiger partial charge in [0.15, 0.2) is 0 Å². The van der Waals surface area contributed by atoms with Gasteiger partial charge in [0.25, 0.3) is 0 Å². The van der Waals surface area contributed by atoms with Crippen molar-refractivity contribution < 1.29 is 19.5 Å². The van der Waals surface area contributed by atoms with Crippen molar-refractivity contribution in [3.63, 3.8) is 0 Å². The zero-order chi connectivity index (χ0) is 16.6. The van der Waals surface area contributed by atoms with E-state index in [0.717, 1.165) is 18.4 Å². The Morgan fingerprint density at radius 3 is 1.86 bits per heavy atom. The Bertz CT molecular complexity index is 366. The molecule has 1 aromatic rings. The summed E-state index contributed by atoms with van der Waals surface area (Å²) < 4.78 is 8.74. The molecule has 0 saturated carbocycles. The second kappa shape index (κ2) is 15.2. The van der Waals surface area contributed by atoms with Crippen molar-refractivity contribution in [2.45, 2.75) is 70.8 Å². The number of unbranched alkanes of at least 4 members (excludes halogenated alkanes) is 7. The van der Waals surface area contributed by atoms with Crippen LogP contribution in [0.5, 0.6) is 0 Å². The van der Waals surface area contributed by atoms with Crippen LogP contribution in [0.2, 0.25) is 0 Å². The molecule has 0 saturated heterocycles. The van der Waals surface area contributed by atoms with Gasteiger partial charge in [0.2, 0.25) is 0 Å². The van der Waals surface area contributed by atoms with Gasteiger partial charge in [-0.3, -0.25) is 4.57 Å². The molecule has 0 aromatic heterocycles. The van der Waals surface area contributed by atoms with E-state index in [1.807, 2.05) is 30.3 Å². The van der Waals surface area contributed by atoms with Crippen LogP contribution in [0.1, 0.15) is 76.4 Å². The third-order valence-electron chi connectivity index (χ3n) is 3.52. The van der Waals surface area contributed by atoms with Crippen LogP contribution in [0.3, 0.4) is 0 Å². The maximum atomic E-state index is 9.99. The quantitative estimate of drug-likeness (QED) is 0.432. The molecule has 128 valence electrons. The topological polar surface area (TPSA) is 77.8 Å². The zero-order valence-corrected chi connectivity index (χ0v) is 14.6. The predicted octanol–water partition coefficient (Wildman–Crippen LogP) is 4.61. The predicted molar refractivity (Wildman–Crippen MR) is 92.1 cm³/mol. The summed E-state index contributed by atoms with van der Waals surface area (Å²) in [6.07, 6.45) is 11.2. The number of aliphatic hydroxyl groups excluding tert-OH is 1. The van der Waals surface area contributed by atoms with Crippen molar-refractivity contribution in [2.24, 2.45) is 0 Å². The fourth-order valence-electron chi connectivity index (χ4n) is 2.31. The highest BCUT2D eigenvalue weighted by Crippen LogP contribution is 2.19. The van der Waals surface area contributed by atoms with Gasteiger partial charge in [-0.2, -0.15) is 0 Å².